The Balaban J connectivity index is 0. The molecule has 0 bridgehead atoms. The molecule has 0 atom stereocenters. The number of unbranched alkanes of at least 4 members (excludes halogenated alkanes) is 11. The molecule has 0 amide bonds. The molecule has 0 N–H and O–H groups in total. The fraction of sp³-hybridized carbons (Fsp3) is 0.810. The third-order valence-electron chi connectivity index (χ3n) is 4.69. The van der Waals surface area contributed by atoms with Gasteiger partial charge in [-0.25, -0.2) is 0 Å². The van der Waals surface area contributed by atoms with E-state index >= 15 is 0 Å². The van der Waals surface area contributed by atoms with Gasteiger partial charge in [-0.15, -0.1) is 0 Å². The maximum absolute atomic E-state index is 3.89. The lowest BCUT2D eigenvalue weighted by molar-refractivity contribution is -0.898. The van der Waals surface area contributed by atoms with Crippen LogP contribution in [0.15, 0.2) is 25.3 Å². The summed E-state index contributed by atoms with van der Waals surface area (Å²) in [6.07, 6.45) is 21.2. The summed E-state index contributed by atoms with van der Waals surface area (Å²) in [7, 11) is 2.32. The Hall–Kier alpha value is 0.170. The van der Waals surface area contributed by atoms with Crippen molar-refractivity contribution in [3.8, 4) is 0 Å². The highest BCUT2D eigenvalue weighted by Gasteiger charge is 2.16. The van der Waals surface area contributed by atoms with Crippen LogP contribution in [0.25, 0.3) is 0 Å². The molecule has 0 saturated carbocycles. The lowest BCUT2D eigenvalue weighted by Crippen LogP contribution is -3.00. The van der Waals surface area contributed by atoms with Crippen LogP contribution in [0.4, 0.5) is 0 Å². The van der Waals surface area contributed by atoms with E-state index in [1.54, 1.807) is 0 Å². The molecule has 1 nitrogen and oxygen atoms in total. The molecular formula is C21H42IN. The van der Waals surface area contributed by atoms with Gasteiger partial charge in [-0.2, -0.15) is 0 Å². The third kappa shape index (κ3) is 16.8. The Labute approximate surface area is 164 Å². The third-order valence-corrected chi connectivity index (χ3v) is 4.69. The molecule has 0 spiro atoms. The van der Waals surface area contributed by atoms with E-state index in [9.17, 15) is 0 Å². The predicted octanol–water partition coefficient (Wildman–Crippen LogP) is 3.51. The molecule has 0 radical (unpaired) electrons. The van der Waals surface area contributed by atoms with E-state index in [1.807, 2.05) is 12.2 Å². The lowest BCUT2D eigenvalue weighted by atomic mass is 10.1. The van der Waals surface area contributed by atoms with Crippen LogP contribution in [0.5, 0.6) is 0 Å². The molecule has 0 aliphatic carbocycles. The first-order valence-corrected chi connectivity index (χ1v) is 9.74. The fourth-order valence-corrected chi connectivity index (χ4v) is 3.21. The summed E-state index contributed by atoms with van der Waals surface area (Å²) >= 11 is 0. The molecule has 2 heteroatoms. The van der Waals surface area contributed by atoms with Gasteiger partial charge in [0, 0.05) is 0 Å². The van der Waals surface area contributed by atoms with Crippen LogP contribution in [0.2, 0.25) is 0 Å². The van der Waals surface area contributed by atoms with Crippen LogP contribution in [-0.4, -0.2) is 31.2 Å². The van der Waals surface area contributed by atoms with Gasteiger partial charge in [-0.1, -0.05) is 84.3 Å². The molecule has 0 saturated heterocycles. The Morgan fingerprint density at radius 3 is 1.35 bits per heavy atom. The van der Waals surface area contributed by atoms with Gasteiger partial charge >= 0.3 is 0 Å². The zero-order valence-corrected chi connectivity index (χ0v) is 18.2. The van der Waals surface area contributed by atoms with E-state index in [2.05, 4.69) is 27.1 Å². The SMILES string of the molecule is C=CC[N+](C)(CC=C)CCCCCCCCCCCCCC.[I-]. The minimum absolute atomic E-state index is 0. The van der Waals surface area contributed by atoms with E-state index in [4.69, 9.17) is 0 Å². The van der Waals surface area contributed by atoms with Crippen molar-refractivity contribution in [3.63, 3.8) is 0 Å². The minimum atomic E-state index is 0. The topological polar surface area (TPSA) is 0 Å². The molecule has 138 valence electrons. The Kier molecular flexibility index (Phi) is 20.4. The fourth-order valence-electron chi connectivity index (χ4n) is 3.21. The van der Waals surface area contributed by atoms with Crippen LogP contribution < -0.4 is 24.0 Å². The van der Waals surface area contributed by atoms with Gasteiger partial charge in [-0.05, 0) is 25.0 Å². The van der Waals surface area contributed by atoms with Crippen LogP contribution in [-0.2, 0) is 0 Å². The molecule has 0 heterocycles. The van der Waals surface area contributed by atoms with Crippen LogP contribution in [0, 0.1) is 0 Å². The van der Waals surface area contributed by atoms with Crippen molar-refractivity contribution in [3.05, 3.63) is 25.3 Å². The van der Waals surface area contributed by atoms with Crippen molar-refractivity contribution in [1.29, 1.82) is 0 Å². The zero-order chi connectivity index (χ0) is 16.5. The van der Waals surface area contributed by atoms with Gasteiger partial charge in [0.05, 0.1) is 26.7 Å². The molecule has 0 aromatic rings. The molecule has 0 fully saturated rings. The normalized spacial score (nSPS) is 11.0. The van der Waals surface area contributed by atoms with Gasteiger partial charge < -0.3 is 28.5 Å². The molecular weight excluding hydrogens is 393 g/mol. The Morgan fingerprint density at radius 2 is 1.00 bits per heavy atom. The van der Waals surface area contributed by atoms with Crippen molar-refractivity contribution in [2.75, 3.05) is 26.7 Å². The van der Waals surface area contributed by atoms with Crippen molar-refractivity contribution < 1.29 is 28.5 Å². The van der Waals surface area contributed by atoms with E-state index in [0.29, 0.717) is 0 Å². The van der Waals surface area contributed by atoms with Crippen LogP contribution in [0.1, 0.15) is 84.0 Å². The van der Waals surface area contributed by atoms with E-state index in [0.717, 1.165) is 17.6 Å². The van der Waals surface area contributed by atoms with Gasteiger partial charge in [0.25, 0.3) is 0 Å². The predicted molar refractivity (Wildman–Crippen MR) is 102 cm³/mol. The average molecular weight is 435 g/mol. The molecule has 0 aromatic heterocycles. The highest BCUT2D eigenvalue weighted by Crippen LogP contribution is 2.13. The van der Waals surface area contributed by atoms with Crippen molar-refractivity contribution >= 4 is 0 Å². The molecule has 0 aliphatic heterocycles. The number of quaternary nitrogens is 1. The summed E-state index contributed by atoms with van der Waals surface area (Å²) in [5.41, 5.74) is 0. The summed E-state index contributed by atoms with van der Waals surface area (Å²) in [5, 5.41) is 0. The van der Waals surface area contributed by atoms with Crippen LogP contribution >= 0.6 is 0 Å². The first-order chi connectivity index (χ1) is 10.7. The summed E-state index contributed by atoms with van der Waals surface area (Å²) in [6.45, 7) is 13.4. The van der Waals surface area contributed by atoms with Crippen LogP contribution in [0.3, 0.4) is 0 Å². The molecule has 0 unspecified atom stereocenters. The second-order valence-electron chi connectivity index (χ2n) is 7.17. The van der Waals surface area contributed by atoms with E-state index < -0.39 is 0 Å². The molecule has 0 aromatic carbocycles. The van der Waals surface area contributed by atoms with Gasteiger partial charge in [0.1, 0.15) is 0 Å². The maximum Gasteiger partial charge on any atom is 0.0971 e. The first-order valence-electron chi connectivity index (χ1n) is 9.74. The second kappa shape index (κ2) is 18.5. The van der Waals surface area contributed by atoms with Gasteiger partial charge in [-0.3, -0.25) is 0 Å². The average Bonchev–Trinajstić information content (AvgIpc) is 2.49. The molecule has 23 heavy (non-hydrogen) atoms. The lowest BCUT2D eigenvalue weighted by Gasteiger charge is -2.32. The number of rotatable bonds is 17. The van der Waals surface area contributed by atoms with Crippen molar-refractivity contribution in [2.45, 2.75) is 84.0 Å². The van der Waals surface area contributed by atoms with Gasteiger partial charge in [0.2, 0.25) is 0 Å². The van der Waals surface area contributed by atoms with Gasteiger partial charge in [0.15, 0.2) is 0 Å². The number of hydrogen-bond donors (Lipinski definition) is 0. The number of hydrogen-bond acceptors (Lipinski definition) is 0. The van der Waals surface area contributed by atoms with Crippen molar-refractivity contribution in [1.82, 2.24) is 0 Å². The second-order valence-corrected chi connectivity index (χ2v) is 7.17. The zero-order valence-electron chi connectivity index (χ0n) is 16.0. The quantitative estimate of drug-likeness (QED) is 0.142. The summed E-state index contributed by atoms with van der Waals surface area (Å²) in [4.78, 5) is 0. The maximum atomic E-state index is 3.89. The highest BCUT2D eigenvalue weighted by molar-refractivity contribution is 4.71. The summed E-state index contributed by atoms with van der Waals surface area (Å²) in [5.74, 6) is 0. The van der Waals surface area contributed by atoms with E-state index in [1.165, 1.54) is 83.6 Å². The Morgan fingerprint density at radius 1 is 0.652 bits per heavy atom. The monoisotopic (exact) mass is 435 g/mol. The largest absolute Gasteiger partial charge is 1.00 e. The highest BCUT2D eigenvalue weighted by atomic mass is 127. The van der Waals surface area contributed by atoms with Crippen molar-refractivity contribution in [2.24, 2.45) is 0 Å². The number of likely N-dealkylation sites (N-methyl/N-ethyl adjacent to an activating group) is 1. The molecule has 0 aliphatic rings. The first kappa shape index (κ1) is 25.4. The number of nitrogens with zero attached hydrogens (tertiary/aromatic N) is 1. The summed E-state index contributed by atoms with van der Waals surface area (Å²) in [6, 6.07) is 0. The number of halogens is 1. The summed E-state index contributed by atoms with van der Waals surface area (Å²) < 4.78 is 1.07. The van der Waals surface area contributed by atoms with E-state index in [-0.39, 0.29) is 24.0 Å². The minimum Gasteiger partial charge on any atom is -1.00 e. The standard InChI is InChI=1S/C21H42N.HI/c1-5-8-9-10-11-12-13-14-15-16-17-18-21-22(4,19-6-2)20-7-3;/h6-7H,2-3,5,8-21H2,1,4H3;1H/q+1;/p-1. The Bertz CT molecular complexity index is 253. The smallest absolute Gasteiger partial charge is 0.0971 e. The molecule has 0 rings (SSSR count).